The molecule has 0 N–H and O–H groups in total. The number of para-hydroxylation sites is 2. The van der Waals surface area contributed by atoms with Crippen molar-refractivity contribution in [2.75, 3.05) is 16.3 Å². The summed E-state index contributed by atoms with van der Waals surface area (Å²) in [6, 6.07) is 22.7. The van der Waals surface area contributed by atoms with Crippen LogP contribution in [0.5, 0.6) is 0 Å². The lowest BCUT2D eigenvalue weighted by Gasteiger charge is -2.50. The van der Waals surface area contributed by atoms with E-state index >= 15 is 0 Å². The van der Waals surface area contributed by atoms with Gasteiger partial charge in [0.1, 0.15) is 6.17 Å². The molecule has 0 saturated heterocycles. The lowest BCUT2D eigenvalue weighted by molar-refractivity contribution is 0.354. The maximum absolute atomic E-state index is 14.1. The van der Waals surface area contributed by atoms with Crippen molar-refractivity contribution in [1.29, 1.82) is 0 Å². The van der Waals surface area contributed by atoms with Crippen LogP contribution in [0.1, 0.15) is 29.5 Å². The van der Waals surface area contributed by atoms with Gasteiger partial charge in [-0.05, 0) is 42.3 Å². The summed E-state index contributed by atoms with van der Waals surface area (Å²) < 4.78 is 29.8. The van der Waals surface area contributed by atoms with Crippen LogP contribution in [-0.4, -0.2) is 21.6 Å². The van der Waals surface area contributed by atoms with Crippen molar-refractivity contribution in [2.24, 2.45) is 0 Å². The molecule has 0 saturated carbocycles. The fourth-order valence-electron chi connectivity index (χ4n) is 5.35. The summed E-state index contributed by atoms with van der Waals surface area (Å²) in [6.07, 6.45) is 5.63. The standard InChI is InChI=1S/C26H24N2O2S/c1-5-21-20-10-6-8-12-23(20)28(31(29,30)19-16-14-18(2)15-17-19)25-26(21,3)22-11-7-9-13-24(22)27(25)4/h1,6-17,21,25H,2-4H3/t21-,25+,26+/m0/s1. The molecule has 3 aromatic carbocycles. The highest BCUT2D eigenvalue weighted by Gasteiger charge is 2.59. The third kappa shape index (κ3) is 2.52. The van der Waals surface area contributed by atoms with E-state index in [1.54, 1.807) is 16.4 Å². The first-order valence-electron chi connectivity index (χ1n) is 10.3. The van der Waals surface area contributed by atoms with Gasteiger partial charge in [-0.2, -0.15) is 0 Å². The van der Waals surface area contributed by atoms with Crippen molar-refractivity contribution in [3.05, 3.63) is 89.5 Å². The molecule has 31 heavy (non-hydrogen) atoms. The van der Waals surface area contributed by atoms with E-state index in [0.29, 0.717) is 5.69 Å². The van der Waals surface area contributed by atoms with E-state index in [9.17, 15) is 8.42 Å². The van der Waals surface area contributed by atoms with Crippen molar-refractivity contribution in [1.82, 2.24) is 0 Å². The molecule has 156 valence electrons. The molecule has 0 spiro atoms. The average molecular weight is 429 g/mol. The van der Waals surface area contributed by atoms with Gasteiger partial charge in [0.05, 0.1) is 21.9 Å². The van der Waals surface area contributed by atoms with Gasteiger partial charge in [-0.15, -0.1) is 6.42 Å². The summed E-state index contributed by atoms with van der Waals surface area (Å²) in [5.41, 5.74) is 4.00. The number of anilines is 2. The molecule has 3 atom stereocenters. The molecule has 2 aliphatic rings. The molecule has 0 radical (unpaired) electrons. The van der Waals surface area contributed by atoms with E-state index < -0.39 is 21.6 Å². The van der Waals surface area contributed by atoms with Gasteiger partial charge >= 0.3 is 0 Å². The maximum Gasteiger partial charge on any atom is 0.266 e. The largest absolute Gasteiger partial charge is 0.352 e. The van der Waals surface area contributed by atoms with Crippen LogP contribution >= 0.6 is 0 Å². The summed E-state index contributed by atoms with van der Waals surface area (Å²) in [5.74, 6) is 2.74. The van der Waals surface area contributed by atoms with Crippen molar-refractivity contribution >= 4 is 21.4 Å². The highest BCUT2D eigenvalue weighted by Crippen LogP contribution is 2.58. The van der Waals surface area contributed by atoms with E-state index in [-0.39, 0.29) is 10.8 Å². The van der Waals surface area contributed by atoms with Gasteiger partial charge in [-0.3, -0.25) is 0 Å². The van der Waals surface area contributed by atoms with Gasteiger partial charge in [-0.25, -0.2) is 12.7 Å². The topological polar surface area (TPSA) is 40.6 Å². The van der Waals surface area contributed by atoms with Crippen LogP contribution in [0.25, 0.3) is 0 Å². The lowest BCUT2D eigenvalue weighted by Crippen LogP contribution is -2.60. The van der Waals surface area contributed by atoms with Gasteiger partial charge < -0.3 is 4.90 Å². The Morgan fingerprint density at radius 1 is 0.935 bits per heavy atom. The molecule has 0 fully saturated rings. The van der Waals surface area contributed by atoms with E-state index in [2.05, 4.69) is 23.8 Å². The second kappa shape index (κ2) is 6.63. The Morgan fingerprint density at radius 2 is 1.55 bits per heavy atom. The number of fused-ring (bicyclic) bond motifs is 4. The zero-order valence-electron chi connectivity index (χ0n) is 17.8. The molecular weight excluding hydrogens is 404 g/mol. The quantitative estimate of drug-likeness (QED) is 0.558. The normalized spacial score (nSPS) is 24.2. The number of hydrogen-bond donors (Lipinski definition) is 0. The van der Waals surface area contributed by atoms with E-state index in [4.69, 9.17) is 6.42 Å². The third-order valence-corrected chi connectivity index (χ3v) is 8.60. The number of benzene rings is 3. The molecule has 0 bridgehead atoms. The fourth-order valence-corrected chi connectivity index (χ4v) is 7.11. The Hall–Kier alpha value is -3.23. The van der Waals surface area contributed by atoms with Crippen LogP contribution in [0, 0.1) is 19.3 Å². The van der Waals surface area contributed by atoms with Crippen LogP contribution in [0.3, 0.4) is 0 Å². The Morgan fingerprint density at radius 3 is 2.23 bits per heavy atom. The van der Waals surface area contributed by atoms with Crippen molar-refractivity contribution in [2.45, 2.75) is 36.2 Å². The predicted molar refractivity (Wildman–Crippen MR) is 125 cm³/mol. The van der Waals surface area contributed by atoms with E-state index in [1.165, 1.54) is 0 Å². The fraction of sp³-hybridized carbons (Fsp3) is 0.231. The minimum Gasteiger partial charge on any atom is -0.352 e. The number of sulfonamides is 1. The summed E-state index contributed by atoms with van der Waals surface area (Å²) in [5, 5.41) is 0. The monoisotopic (exact) mass is 428 g/mol. The zero-order valence-corrected chi connectivity index (χ0v) is 18.6. The Balaban J connectivity index is 1.83. The number of likely N-dealkylation sites (N-methyl/N-ethyl adjacent to an activating group) is 1. The third-order valence-electron chi connectivity index (χ3n) is 6.82. The molecule has 3 aromatic rings. The summed E-state index contributed by atoms with van der Waals surface area (Å²) in [7, 11) is -1.89. The van der Waals surface area contributed by atoms with Crippen LogP contribution in [-0.2, 0) is 15.4 Å². The first-order chi connectivity index (χ1) is 14.8. The van der Waals surface area contributed by atoms with Gasteiger partial charge in [0.2, 0.25) is 0 Å². The smallest absolute Gasteiger partial charge is 0.266 e. The Labute approximate surface area is 184 Å². The SMILES string of the molecule is C#C[C@H]1c2ccccc2N(S(=O)(=O)c2ccc(C)cc2)[C@H]2N(C)c3ccccc3[C@]21C. The molecule has 2 aliphatic heterocycles. The Kier molecular flexibility index (Phi) is 4.22. The minimum atomic E-state index is -3.84. The van der Waals surface area contributed by atoms with Crippen molar-refractivity contribution < 1.29 is 8.42 Å². The number of rotatable bonds is 2. The summed E-state index contributed by atoms with van der Waals surface area (Å²) in [4.78, 5) is 2.33. The number of aryl methyl sites for hydroxylation is 1. The summed E-state index contributed by atoms with van der Waals surface area (Å²) in [6.45, 7) is 4.04. The molecule has 0 aliphatic carbocycles. The van der Waals surface area contributed by atoms with Gasteiger partial charge in [0.15, 0.2) is 0 Å². The lowest BCUT2D eigenvalue weighted by atomic mass is 9.66. The molecule has 2 heterocycles. The highest BCUT2D eigenvalue weighted by atomic mass is 32.2. The van der Waals surface area contributed by atoms with Crippen LogP contribution in [0.4, 0.5) is 11.4 Å². The van der Waals surface area contributed by atoms with E-state index in [1.807, 2.05) is 68.6 Å². The molecule has 0 unspecified atom stereocenters. The first-order valence-corrected chi connectivity index (χ1v) is 11.7. The maximum atomic E-state index is 14.1. The highest BCUT2D eigenvalue weighted by molar-refractivity contribution is 7.92. The summed E-state index contributed by atoms with van der Waals surface area (Å²) >= 11 is 0. The first kappa shape index (κ1) is 19.7. The molecule has 5 heteroatoms. The van der Waals surface area contributed by atoms with Gasteiger partial charge in [-0.1, -0.05) is 66.9 Å². The predicted octanol–water partition coefficient (Wildman–Crippen LogP) is 4.65. The van der Waals surface area contributed by atoms with Gasteiger partial charge in [0, 0.05) is 12.7 Å². The average Bonchev–Trinajstić information content (AvgIpc) is 3.00. The van der Waals surface area contributed by atoms with E-state index in [0.717, 1.165) is 22.4 Å². The van der Waals surface area contributed by atoms with Gasteiger partial charge in [0.25, 0.3) is 10.0 Å². The van der Waals surface area contributed by atoms with Crippen molar-refractivity contribution in [3.8, 4) is 12.3 Å². The molecule has 4 nitrogen and oxygen atoms in total. The molecule has 0 amide bonds. The second-order valence-corrected chi connectivity index (χ2v) is 10.4. The van der Waals surface area contributed by atoms with Crippen LogP contribution in [0.2, 0.25) is 0 Å². The minimum absolute atomic E-state index is 0.260. The van der Waals surface area contributed by atoms with Crippen LogP contribution in [0.15, 0.2) is 77.7 Å². The molecule has 0 aromatic heterocycles. The Bertz CT molecular complexity index is 1320. The molecular formula is C26H24N2O2S. The number of nitrogens with zero attached hydrogens (tertiary/aromatic N) is 2. The number of terminal acetylenes is 1. The number of hydrogen-bond acceptors (Lipinski definition) is 3. The zero-order chi connectivity index (χ0) is 22.0. The molecule has 5 rings (SSSR count). The van der Waals surface area contributed by atoms with Crippen molar-refractivity contribution in [3.63, 3.8) is 0 Å². The second-order valence-electron chi connectivity index (χ2n) is 8.56. The van der Waals surface area contributed by atoms with Crippen LogP contribution < -0.4 is 9.21 Å².